The average Bonchev–Trinajstić information content (AvgIpc) is 2.82. The minimum atomic E-state index is 0.267. The normalized spacial score (nSPS) is 16.9. The van der Waals surface area contributed by atoms with E-state index in [4.69, 9.17) is 11.6 Å². The Kier molecular flexibility index (Phi) is 3.53. The number of hydrogen-bond donors (Lipinski definition) is 1. The van der Waals surface area contributed by atoms with Crippen LogP contribution in [0, 0.1) is 0 Å². The van der Waals surface area contributed by atoms with Crippen LogP contribution in [-0.2, 0) is 6.42 Å². The van der Waals surface area contributed by atoms with Crippen LogP contribution in [0.5, 0.6) is 0 Å². The van der Waals surface area contributed by atoms with E-state index in [9.17, 15) is 0 Å². The van der Waals surface area contributed by atoms with Crippen LogP contribution in [0.1, 0.15) is 23.7 Å². The molecule has 104 valence electrons. The van der Waals surface area contributed by atoms with Gasteiger partial charge in [0, 0.05) is 25.3 Å². The summed E-state index contributed by atoms with van der Waals surface area (Å²) in [5.74, 6) is 0. The molecule has 0 amide bonds. The van der Waals surface area contributed by atoms with Gasteiger partial charge in [0.15, 0.2) is 0 Å². The van der Waals surface area contributed by atoms with Crippen molar-refractivity contribution in [3.8, 4) is 0 Å². The molecule has 20 heavy (non-hydrogen) atoms. The van der Waals surface area contributed by atoms with Gasteiger partial charge in [-0.3, -0.25) is 4.98 Å². The first-order valence-electron chi connectivity index (χ1n) is 6.82. The minimum Gasteiger partial charge on any atom is -0.376 e. The summed E-state index contributed by atoms with van der Waals surface area (Å²) in [5, 5.41) is 4.35. The van der Waals surface area contributed by atoms with Gasteiger partial charge in [0.25, 0.3) is 0 Å². The smallest absolute Gasteiger partial charge is 0.0691 e. The van der Waals surface area contributed by atoms with Crippen molar-refractivity contribution >= 4 is 23.0 Å². The fourth-order valence-corrected chi connectivity index (χ4v) is 2.93. The van der Waals surface area contributed by atoms with Crippen molar-refractivity contribution in [3.05, 3.63) is 52.8 Å². The van der Waals surface area contributed by atoms with E-state index >= 15 is 0 Å². The number of nitrogens with zero attached hydrogens (tertiary/aromatic N) is 2. The van der Waals surface area contributed by atoms with Crippen molar-refractivity contribution in [3.63, 3.8) is 0 Å². The molecule has 1 unspecified atom stereocenters. The van der Waals surface area contributed by atoms with Crippen LogP contribution in [-0.4, -0.2) is 19.1 Å². The third-order valence-corrected chi connectivity index (χ3v) is 3.96. The van der Waals surface area contributed by atoms with Crippen LogP contribution >= 0.6 is 11.6 Å². The second-order valence-electron chi connectivity index (χ2n) is 5.34. The largest absolute Gasteiger partial charge is 0.376 e. The number of pyridine rings is 1. The predicted octanol–water partition coefficient (Wildman–Crippen LogP) is 3.90. The quantitative estimate of drug-likeness (QED) is 0.928. The van der Waals surface area contributed by atoms with Crippen LogP contribution < -0.4 is 10.2 Å². The van der Waals surface area contributed by atoms with Crippen LogP contribution in [0.25, 0.3) is 0 Å². The van der Waals surface area contributed by atoms with Crippen molar-refractivity contribution < 1.29 is 0 Å². The van der Waals surface area contributed by atoms with E-state index in [1.54, 1.807) is 0 Å². The zero-order valence-corrected chi connectivity index (χ0v) is 12.5. The number of aromatic nitrogens is 1. The molecule has 1 heterocycles. The molecule has 0 saturated heterocycles. The van der Waals surface area contributed by atoms with E-state index in [0.717, 1.165) is 34.9 Å². The lowest BCUT2D eigenvalue weighted by atomic mass is 10.2. The summed E-state index contributed by atoms with van der Waals surface area (Å²) in [7, 11) is 4.07. The van der Waals surface area contributed by atoms with Crippen molar-refractivity contribution in [1.29, 1.82) is 0 Å². The summed E-state index contributed by atoms with van der Waals surface area (Å²) in [6.45, 7) is 0. The number of benzene rings is 1. The highest BCUT2D eigenvalue weighted by molar-refractivity contribution is 6.31. The van der Waals surface area contributed by atoms with Crippen molar-refractivity contribution in [1.82, 2.24) is 4.98 Å². The Bertz CT molecular complexity index is 625. The van der Waals surface area contributed by atoms with E-state index in [1.807, 2.05) is 44.6 Å². The molecule has 0 aliphatic heterocycles. The van der Waals surface area contributed by atoms with Gasteiger partial charge >= 0.3 is 0 Å². The lowest BCUT2D eigenvalue weighted by molar-refractivity contribution is 0.745. The van der Waals surface area contributed by atoms with Crippen molar-refractivity contribution in [2.45, 2.75) is 18.9 Å². The van der Waals surface area contributed by atoms with Crippen LogP contribution in [0.15, 0.2) is 36.5 Å². The second kappa shape index (κ2) is 5.33. The Labute approximate surface area is 124 Å². The summed E-state index contributed by atoms with van der Waals surface area (Å²) in [6.07, 6.45) is 4.02. The molecule has 0 spiro atoms. The maximum atomic E-state index is 6.13. The molecule has 1 aromatic carbocycles. The molecular weight excluding hydrogens is 270 g/mol. The zero-order chi connectivity index (χ0) is 14.1. The fraction of sp³-hybridized carbons (Fsp3) is 0.312. The van der Waals surface area contributed by atoms with Gasteiger partial charge in [-0.05, 0) is 42.7 Å². The lowest BCUT2D eigenvalue weighted by Crippen LogP contribution is -2.14. The first-order chi connectivity index (χ1) is 9.65. The third kappa shape index (κ3) is 2.46. The molecule has 2 aromatic rings. The number of aryl methyl sites for hydroxylation is 1. The Morgan fingerprint density at radius 3 is 2.95 bits per heavy atom. The minimum absolute atomic E-state index is 0.267. The Balaban J connectivity index is 1.91. The van der Waals surface area contributed by atoms with Crippen LogP contribution in [0.3, 0.4) is 0 Å². The van der Waals surface area contributed by atoms with Crippen LogP contribution in [0.4, 0.5) is 11.4 Å². The number of hydrogen-bond acceptors (Lipinski definition) is 3. The van der Waals surface area contributed by atoms with Crippen molar-refractivity contribution in [2.24, 2.45) is 0 Å². The molecule has 0 bridgehead atoms. The lowest BCUT2D eigenvalue weighted by Gasteiger charge is -2.22. The van der Waals surface area contributed by atoms with Gasteiger partial charge in [0.05, 0.1) is 23.1 Å². The molecule has 0 radical (unpaired) electrons. The molecule has 3 nitrogen and oxygen atoms in total. The number of rotatable bonds is 3. The summed E-state index contributed by atoms with van der Waals surface area (Å²) in [5.41, 5.74) is 4.71. The Morgan fingerprint density at radius 2 is 2.15 bits per heavy atom. The monoisotopic (exact) mass is 287 g/mol. The summed E-state index contributed by atoms with van der Waals surface area (Å²) in [6, 6.07) is 10.4. The van der Waals surface area contributed by atoms with Crippen molar-refractivity contribution in [2.75, 3.05) is 24.3 Å². The number of halogens is 1. The second-order valence-corrected chi connectivity index (χ2v) is 5.78. The number of anilines is 2. The molecule has 1 aliphatic carbocycles. The van der Waals surface area contributed by atoms with Gasteiger partial charge in [0.1, 0.15) is 0 Å². The highest BCUT2D eigenvalue weighted by Crippen LogP contribution is 2.36. The predicted molar refractivity (Wildman–Crippen MR) is 84.7 cm³/mol. The first kappa shape index (κ1) is 13.3. The third-order valence-electron chi connectivity index (χ3n) is 3.73. The summed E-state index contributed by atoms with van der Waals surface area (Å²) in [4.78, 5) is 6.61. The number of fused-ring (bicyclic) bond motifs is 1. The Hall–Kier alpha value is -1.74. The van der Waals surface area contributed by atoms with Gasteiger partial charge in [0.2, 0.25) is 0 Å². The van der Waals surface area contributed by atoms with Gasteiger partial charge in [-0.2, -0.15) is 0 Å². The average molecular weight is 288 g/mol. The van der Waals surface area contributed by atoms with Crippen LogP contribution in [0.2, 0.25) is 5.02 Å². The van der Waals surface area contributed by atoms with E-state index in [2.05, 4.69) is 21.3 Å². The number of nitrogens with one attached hydrogen (secondary N) is 1. The molecular formula is C16H18ClN3. The molecule has 4 heteroatoms. The standard InChI is InChI=1S/C16H18ClN3/c1-20(2)15-8-6-12(17)10-14(15)19-13-7-5-11-4-3-9-18-16(11)13/h3-4,6,8-10,13,19H,5,7H2,1-2H3. The summed E-state index contributed by atoms with van der Waals surface area (Å²) < 4.78 is 0. The zero-order valence-electron chi connectivity index (χ0n) is 11.7. The molecule has 3 rings (SSSR count). The SMILES string of the molecule is CN(C)c1ccc(Cl)cc1NC1CCc2cccnc21. The van der Waals surface area contributed by atoms with E-state index in [1.165, 1.54) is 5.56 Å². The highest BCUT2D eigenvalue weighted by atomic mass is 35.5. The molecule has 1 atom stereocenters. The Morgan fingerprint density at radius 1 is 1.30 bits per heavy atom. The first-order valence-corrected chi connectivity index (χ1v) is 7.20. The summed E-state index contributed by atoms with van der Waals surface area (Å²) >= 11 is 6.13. The highest BCUT2D eigenvalue weighted by Gasteiger charge is 2.24. The van der Waals surface area contributed by atoms with Gasteiger partial charge in [-0.1, -0.05) is 17.7 Å². The maximum absolute atomic E-state index is 6.13. The van der Waals surface area contributed by atoms with E-state index in [-0.39, 0.29) is 6.04 Å². The van der Waals surface area contributed by atoms with E-state index in [0.29, 0.717) is 0 Å². The van der Waals surface area contributed by atoms with Gasteiger partial charge in [-0.25, -0.2) is 0 Å². The molecule has 1 N–H and O–H groups in total. The molecule has 0 saturated carbocycles. The topological polar surface area (TPSA) is 28.2 Å². The molecule has 1 aliphatic rings. The fourth-order valence-electron chi connectivity index (χ4n) is 2.75. The molecule has 0 fully saturated rings. The maximum Gasteiger partial charge on any atom is 0.0691 e. The molecule has 1 aromatic heterocycles. The van der Waals surface area contributed by atoms with E-state index < -0.39 is 0 Å². The van der Waals surface area contributed by atoms with Gasteiger partial charge in [-0.15, -0.1) is 0 Å². The van der Waals surface area contributed by atoms with Gasteiger partial charge < -0.3 is 10.2 Å².